The van der Waals surface area contributed by atoms with E-state index in [0.717, 1.165) is 12.8 Å². The predicted molar refractivity (Wildman–Crippen MR) is 80.4 cm³/mol. The van der Waals surface area contributed by atoms with Crippen LogP contribution in [-0.4, -0.2) is 38.2 Å². The second kappa shape index (κ2) is 5.82. The van der Waals surface area contributed by atoms with Crippen LogP contribution >= 0.6 is 0 Å². The molecule has 0 atom stereocenters. The van der Waals surface area contributed by atoms with Crippen molar-refractivity contribution in [1.82, 2.24) is 19.2 Å². The van der Waals surface area contributed by atoms with E-state index in [2.05, 4.69) is 5.10 Å². The first-order chi connectivity index (χ1) is 10.7. The molecule has 1 amide bonds. The van der Waals surface area contributed by atoms with Crippen molar-refractivity contribution in [2.45, 2.75) is 39.3 Å². The summed E-state index contributed by atoms with van der Waals surface area (Å²) in [5.41, 5.74) is -0.241. The molecule has 7 nitrogen and oxygen atoms in total. The van der Waals surface area contributed by atoms with E-state index in [1.165, 1.54) is 4.68 Å². The molecule has 0 aromatic carbocycles. The van der Waals surface area contributed by atoms with Gasteiger partial charge in [0.2, 0.25) is 11.7 Å². The first-order valence-electron chi connectivity index (χ1n) is 7.66. The summed E-state index contributed by atoms with van der Waals surface area (Å²) in [7, 11) is 0. The lowest BCUT2D eigenvalue weighted by Crippen LogP contribution is -2.37. The third-order valence-corrected chi connectivity index (χ3v) is 3.93. The number of carbonyl (C=O) groups excluding carboxylic acids is 1. The van der Waals surface area contributed by atoms with Gasteiger partial charge >= 0.3 is 5.69 Å². The fourth-order valence-electron chi connectivity index (χ4n) is 2.56. The first kappa shape index (κ1) is 14.6. The summed E-state index contributed by atoms with van der Waals surface area (Å²) >= 11 is 0. The zero-order valence-electron chi connectivity index (χ0n) is 12.9. The van der Waals surface area contributed by atoms with Gasteiger partial charge in [-0.3, -0.25) is 9.36 Å². The third kappa shape index (κ3) is 2.58. The van der Waals surface area contributed by atoms with Crippen LogP contribution in [0.2, 0.25) is 0 Å². The highest BCUT2D eigenvalue weighted by atomic mass is 16.3. The smallest absolute Gasteiger partial charge is 0.347 e. The summed E-state index contributed by atoms with van der Waals surface area (Å²) in [5, 5.41) is 4.33. The van der Waals surface area contributed by atoms with Gasteiger partial charge in [0.1, 0.15) is 6.54 Å². The fourth-order valence-corrected chi connectivity index (χ4v) is 2.56. The Morgan fingerprint density at radius 3 is 2.68 bits per heavy atom. The Morgan fingerprint density at radius 1 is 1.41 bits per heavy atom. The van der Waals surface area contributed by atoms with Crippen molar-refractivity contribution in [2.24, 2.45) is 0 Å². The van der Waals surface area contributed by atoms with Crippen molar-refractivity contribution in [3.05, 3.63) is 28.9 Å². The Balaban J connectivity index is 1.94. The number of carbonyl (C=O) groups is 1. The number of furan rings is 1. The van der Waals surface area contributed by atoms with Crippen LogP contribution in [0.3, 0.4) is 0 Å². The monoisotopic (exact) mass is 304 g/mol. The molecular weight excluding hydrogens is 284 g/mol. The maximum Gasteiger partial charge on any atom is 0.347 e. The van der Waals surface area contributed by atoms with Gasteiger partial charge in [-0.05, 0) is 38.8 Å². The number of hydrogen-bond acceptors (Lipinski definition) is 4. The van der Waals surface area contributed by atoms with Gasteiger partial charge in [0.05, 0.1) is 6.26 Å². The van der Waals surface area contributed by atoms with Crippen LogP contribution in [0.1, 0.15) is 32.7 Å². The quantitative estimate of drug-likeness (QED) is 0.811. The Hall–Kier alpha value is -2.31. The largest absolute Gasteiger partial charge is 0.461 e. The van der Waals surface area contributed by atoms with Crippen LogP contribution < -0.4 is 5.69 Å². The molecule has 1 saturated carbocycles. The number of rotatable bonds is 6. The standard InChI is InChI=1S/C15H20N4O3/c1-3-17(4-2)13(20)10-18-15(21)19(11-7-8-11)14(16-18)12-6-5-9-22-12/h5-6,9,11H,3-4,7-8,10H2,1-2H3. The van der Waals surface area contributed by atoms with E-state index in [1.54, 1.807) is 27.9 Å². The van der Waals surface area contributed by atoms with Crippen molar-refractivity contribution in [2.75, 3.05) is 13.1 Å². The lowest BCUT2D eigenvalue weighted by atomic mass is 10.4. The van der Waals surface area contributed by atoms with Crippen LogP contribution in [-0.2, 0) is 11.3 Å². The molecule has 0 saturated heterocycles. The highest BCUT2D eigenvalue weighted by molar-refractivity contribution is 5.75. The van der Waals surface area contributed by atoms with Crippen LogP contribution in [0.25, 0.3) is 11.6 Å². The molecule has 0 unspecified atom stereocenters. The molecule has 0 aliphatic heterocycles. The molecule has 0 N–H and O–H groups in total. The van der Waals surface area contributed by atoms with E-state index in [4.69, 9.17) is 4.42 Å². The van der Waals surface area contributed by atoms with Gasteiger partial charge in [-0.15, -0.1) is 5.10 Å². The Bertz CT molecular complexity index is 706. The molecule has 118 valence electrons. The molecule has 2 aromatic heterocycles. The van der Waals surface area contributed by atoms with E-state index in [-0.39, 0.29) is 24.2 Å². The molecule has 22 heavy (non-hydrogen) atoms. The SMILES string of the molecule is CCN(CC)C(=O)Cn1nc(-c2ccco2)n(C2CC2)c1=O. The highest BCUT2D eigenvalue weighted by Gasteiger charge is 2.31. The van der Waals surface area contributed by atoms with Gasteiger partial charge in [0, 0.05) is 19.1 Å². The normalized spacial score (nSPS) is 14.3. The van der Waals surface area contributed by atoms with Crippen molar-refractivity contribution >= 4 is 5.91 Å². The highest BCUT2D eigenvalue weighted by Crippen LogP contribution is 2.36. The third-order valence-electron chi connectivity index (χ3n) is 3.93. The zero-order valence-corrected chi connectivity index (χ0v) is 12.9. The van der Waals surface area contributed by atoms with E-state index < -0.39 is 0 Å². The molecule has 1 aliphatic rings. The summed E-state index contributed by atoms with van der Waals surface area (Å²) in [5.74, 6) is 0.960. The molecule has 0 spiro atoms. The topological polar surface area (TPSA) is 73.3 Å². The Morgan fingerprint density at radius 2 is 2.14 bits per heavy atom. The summed E-state index contributed by atoms with van der Waals surface area (Å²) < 4.78 is 8.26. The molecule has 0 radical (unpaired) electrons. The minimum atomic E-state index is -0.241. The Kier molecular flexibility index (Phi) is 3.87. The van der Waals surface area contributed by atoms with Crippen molar-refractivity contribution in [3.63, 3.8) is 0 Å². The fraction of sp³-hybridized carbons (Fsp3) is 0.533. The van der Waals surface area contributed by atoms with Crippen molar-refractivity contribution in [1.29, 1.82) is 0 Å². The van der Waals surface area contributed by atoms with E-state index in [9.17, 15) is 9.59 Å². The maximum atomic E-state index is 12.6. The molecule has 2 aromatic rings. The molecule has 1 fully saturated rings. The lowest BCUT2D eigenvalue weighted by molar-refractivity contribution is -0.131. The molecule has 2 heterocycles. The molecule has 1 aliphatic carbocycles. The molecular formula is C15H20N4O3. The van der Waals surface area contributed by atoms with E-state index in [1.807, 2.05) is 13.8 Å². The van der Waals surface area contributed by atoms with Crippen LogP contribution in [0, 0.1) is 0 Å². The van der Waals surface area contributed by atoms with Gasteiger partial charge < -0.3 is 9.32 Å². The van der Waals surface area contributed by atoms with Crippen molar-refractivity contribution < 1.29 is 9.21 Å². The second-order valence-corrected chi connectivity index (χ2v) is 5.41. The van der Waals surface area contributed by atoms with Gasteiger partial charge in [-0.1, -0.05) is 0 Å². The van der Waals surface area contributed by atoms with Gasteiger partial charge in [-0.2, -0.15) is 0 Å². The summed E-state index contributed by atoms with van der Waals surface area (Å²) in [6.07, 6.45) is 3.48. The molecule has 0 bridgehead atoms. The van der Waals surface area contributed by atoms with E-state index >= 15 is 0 Å². The van der Waals surface area contributed by atoms with Crippen LogP contribution in [0.5, 0.6) is 0 Å². The minimum Gasteiger partial charge on any atom is -0.461 e. The number of hydrogen-bond donors (Lipinski definition) is 0. The predicted octanol–water partition coefficient (Wildman–Crippen LogP) is 1.51. The van der Waals surface area contributed by atoms with Crippen LogP contribution in [0.15, 0.2) is 27.6 Å². The number of nitrogens with zero attached hydrogens (tertiary/aromatic N) is 4. The number of aromatic nitrogens is 3. The Labute approximate surface area is 128 Å². The summed E-state index contributed by atoms with van der Waals surface area (Å²) in [6.45, 7) is 5.05. The molecule has 7 heteroatoms. The second-order valence-electron chi connectivity index (χ2n) is 5.41. The lowest BCUT2D eigenvalue weighted by Gasteiger charge is -2.17. The summed E-state index contributed by atoms with van der Waals surface area (Å²) in [4.78, 5) is 26.5. The van der Waals surface area contributed by atoms with Gasteiger partial charge in [0.25, 0.3) is 0 Å². The average molecular weight is 304 g/mol. The maximum absolute atomic E-state index is 12.6. The van der Waals surface area contributed by atoms with Gasteiger partial charge in [0.15, 0.2) is 5.76 Å². The summed E-state index contributed by atoms with van der Waals surface area (Å²) in [6, 6.07) is 3.71. The first-order valence-corrected chi connectivity index (χ1v) is 7.66. The van der Waals surface area contributed by atoms with Crippen molar-refractivity contribution in [3.8, 4) is 11.6 Å². The van der Waals surface area contributed by atoms with Gasteiger partial charge in [-0.25, -0.2) is 9.48 Å². The number of likely N-dealkylation sites (N-methyl/N-ethyl adjacent to an activating group) is 1. The van der Waals surface area contributed by atoms with Crippen LogP contribution in [0.4, 0.5) is 0 Å². The molecule has 3 rings (SSSR count). The number of amides is 1. The zero-order chi connectivity index (χ0) is 15.7. The average Bonchev–Trinajstić information content (AvgIpc) is 3.09. The minimum absolute atomic E-state index is 0.0338. The van der Waals surface area contributed by atoms with E-state index in [0.29, 0.717) is 24.7 Å².